The number of hydrogen-bond acceptors (Lipinski definition) is 4. The zero-order valence-corrected chi connectivity index (χ0v) is 11.7. The average Bonchev–Trinajstić information content (AvgIpc) is 2.37. The minimum Gasteiger partial charge on any atom is -0.385 e. The summed E-state index contributed by atoms with van der Waals surface area (Å²) >= 11 is 1.71. The fourth-order valence-electron chi connectivity index (χ4n) is 1.64. The van der Waals surface area contributed by atoms with Crippen LogP contribution in [0.4, 0.5) is 24.5 Å². The van der Waals surface area contributed by atoms with Crippen molar-refractivity contribution in [3.05, 3.63) is 33.9 Å². The molecular formula is C12H15F3N2O2S. The van der Waals surface area contributed by atoms with Crippen molar-refractivity contribution in [2.75, 3.05) is 23.9 Å². The number of nitrogens with zero attached hydrogens (tertiary/aromatic N) is 1. The van der Waals surface area contributed by atoms with Gasteiger partial charge in [0.15, 0.2) is 0 Å². The minimum absolute atomic E-state index is 0.243. The van der Waals surface area contributed by atoms with Gasteiger partial charge in [-0.15, -0.1) is 0 Å². The highest BCUT2D eigenvalue weighted by Crippen LogP contribution is 2.37. The van der Waals surface area contributed by atoms with E-state index in [9.17, 15) is 23.3 Å². The van der Waals surface area contributed by atoms with Crippen molar-refractivity contribution in [1.82, 2.24) is 0 Å². The molecule has 20 heavy (non-hydrogen) atoms. The van der Waals surface area contributed by atoms with Crippen LogP contribution in [0.2, 0.25) is 0 Å². The number of unbranched alkanes of at least 4 members (excludes halogenated alkanes) is 1. The number of nitro benzene ring substituents is 1. The SMILES string of the molecule is CSCCCCNc1ccc([N+](=O)[O-])c(C(F)(F)F)c1. The van der Waals surface area contributed by atoms with E-state index in [4.69, 9.17) is 0 Å². The van der Waals surface area contributed by atoms with Gasteiger partial charge < -0.3 is 5.32 Å². The number of rotatable bonds is 7. The van der Waals surface area contributed by atoms with Crippen LogP contribution in [-0.2, 0) is 6.18 Å². The summed E-state index contributed by atoms with van der Waals surface area (Å²) in [6.07, 6.45) is -0.954. The zero-order valence-electron chi connectivity index (χ0n) is 10.9. The Morgan fingerprint density at radius 3 is 2.60 bits per heavy atom. The van der Waals surface area contributed by atoms with Gasteiger partial charge in [-0.25, -0.2) is 0 Å². The minimum atomic E-state index is -4.74. The lowest BCUT2D eigenvalue weighted by atomic mass is 10.1. The normalized spacial score (nSPS) is 11.4. The number of alkyl halides is 3. The van der Waals surface area contributed by atoms with Crippen molar-refractivity contribution < 1.29 is 18.1 Å². The predicted molar refractivity (Wildman–Crippen MR) is 74.2 cm³/mol. The first-order valence-corrected chi connectivity index (χ1v) is 7.34. The number of hydrogen-bond donors (Lipinski definition) is 1. The van der Waals surface area contributed by atoms with E-state index in [0.717, 1.165) is 30.7 Å². The molecule has 0 aliphatic rings. The van der Waals surface area contributed by atoms with E-state index < -0.39 is 22.4 Å². The standard InChI is InChI=1S/C12H15F3N2O2S/c1-20-7-3-2-6-16-9-4-5-11(17(18)19)10(8-9)12(13,14)15/h4-5,8,16H,2-3,6-7H2,1H3. The molecule has 0 bridgehead atoms. The van der Waals surface area contributed by atoms with Crippen LogP contribution in [0, 0.1) is 10.1 Å². The summed E-state index contributed by atoms with van der Waals surface area (Å²) in [5.41, 5.74) is -1.91. The summed E-state index contributed by atoms with van der Waals surface area (Å²) in [5.74, 6) is 0.996. The highest BCUT2D eigenvalue weighted by molar-refractivity contribution is 7.98. The molecule has 1 aromatic rings. The Kier molecular flexibility index (Phi) is 6.12. The molecule has 1 N–H and O–H groups in total. The van der Waals surface area contributed by atoms with E-state index in [1.54, 1.807) is 11.8 Å². The molecule has 0 radical (unpaired) electrons. The Morgan fingerprint density at radius 1 is 1.35 bits per heavy atom. The average molecular weight is 308 g/mol. The molecule has 0 fully saturated rings. The molecule has 8 heteroatoms. The molecule has 0 heterocycles. The summed E-state index contributed by atoms with van der Waals surface area (Å²) in [5, 5.41) is 13.4. The fourth-order valence-corrected chi connectivity index (χ4v) is 2.13. The number of anilines is 1. The third-order valence-electron chi connectivity index (χ3n) is 2.60. The van der Waals surface area contributed by atoms with Gasteiger partial charge in [0, 0.05) is 18.3 Å². The lowest BCUT2D eigenvalue weighted by Gasteiger charge is -2.11. The van der Waals surface area contributed by atoms with Crippen LogP contribution in [0.15, 0.2) is 18.2 Å². The van der Waals surface area contributed by atoms with E-state index in [2.05, 4.69) is 5.32 Å². The van der Waals surface area contributed by atoms with Gasteiger partial charge in [0.2, 0.25) is 0 Å². The number of nitrogens with one attached hydrogen (secondary N) is 1. The van der Waals surface area contributed by atoms with Crippen molar-refractivity contribution in [2.24, 2.45) is 0 Å². The third-order valence-corrected chi connectivity index (χ3v) is 3.30. The van der Waals surface area contributed by atoms with Gasteiger partial charge in [0.1, 0.15) is 5.56 Å². The summed E-state index contributed by atoms with van der Waals surface area (Å²) < 4.78 is 38.2. The largest absolute Gasteiger partial charge is 0.423 e. The topological polar surface area (TPSA) is 55.2 Å². The highest BCUT2D eigenvalue weighted by Gasteiger charge is 2.38. The molecular weight excluding hydrogens is 293 g/mol. The lowest BCUT2D eigenvalue weighted by Crippen LogP contribution is -2.10. The molecule has 1 rings (SSSR count). The summed E-state index contributed by atoms with van der Waals surface area (Å²) in [7, 11) is 0. The van der Waals surface area contributed by atoms with Crippen LogP contribution in [0.3, 0.4) is 0 Å². The van der Waals surface area contributed by atoms with Crippen LogP contribution in [-0.4, -0.2) is 23.5 Å². The van der Waals surface area contributed by atoms with Gasteiger partial charge in [-0.1, -0.05) is 0 Å². The number of thioether (sulfide) groups is 1. The van der Waals surface area contributed by atoms with E-state index in [0.29, 0.717) is 6.54 Å². The van der Waals surface area contributed by atoms with Gasteiger partial charge in [-0.3, -0.25) is 10.1 Å². The number of benzene rings is 1. The Bertz CT molecular complexity index is 467. The maximum atomic E-state index is 12.7. The maximum Gasteiger partial charge on any atom is 0.423 e. The van der Waals surface area contributed by atoms with Crippen LogP contribution in [0.1, 0.15) is 18.4 Å². The molecule has 0 unspecified atom stereocenters. The van der Waals surface area contributed by atoms with Crippen LogP contribution in [0.5, 0.6) is 0 Å². The van der Waals surface area contributed by atoms with Gasteiger partial charge in [-0.05, 0) is 37.0 Å². The smallest absolute Gasteiger partial charge is 0.385 e. The Morgan fingerprint density at radius 2 is 2.05 bits per heavy atom. The summed E-state index contributed by atoms with van der Waals surface area (Å²) in [6.45, 7) is 0.537. The Hall–Kier alpha value is -1.44. The molecule has 0 aliphatic carbocycles. The van der Waals surface area contributed by atoms with Crippen molar-refractivity contribution in [2.45, 2.75) is 19.0 Å². The fraction of sp³-hybridized carbons (Fsp3) is 0.500. The quantitative estimate of drug-likeness (QED) is 0.466. The first-order chi connectivity index (χ1) is 9.36. The molecule has 1 aromatic carbocycles. The second-order valence-corrected chi connectivity index (χ2v) is 5.10. The first kappa shape index (κ1) is 16.6. The summed E-state index contributed by atoms with van der Waals surface area (Å²) in [6, 6.07) is 2.96. The van der Waals surface area contributed by atoms with Gasteiger partial charge in [0.25, 0.3) is 5.69 Å². The van der Waals surface area contributed by atoms with Gasteiger partial charge in [0.05, 0.1) is 4.92 Å². The van der Waals surface area contributed by atoms with E-state index in [-0.39, 0.29) is 5.69 Å². The van der Waals surface area contributed by atoms with E-state index in [1.165, 1.54) is 6.07 Å². The second kappa shape index (κ2) is 7.37. The third kappa shape index (κ3) is 4.92. The number of halogens is 3. The monoisotopic (exact) mass is 308 g/mol. The Balaban J connectivity index is 2.77. The van der Waals surface area contributed by atoms with Crippen LogP contribution in [0.25, 0.3) is 0 Å². The van der Waals surface area contributed by atoms with Gasteiger partial charge >= 0.3 is 6.18 Å². The molecule has 0 aromatic heterocycles. The van der Waals surface area contributed by atoms with E-state index >= 15 is 0 Å². The van der Waals surface area contributed by atoms with E-state index in [1.807, 2.05) is 6.26 Å². The zero-order chi connectivity index (χ0) is 15.2. The molecule has 112 valence electrons. The molecule has 0 amide bonds. The first-order valence-electron chi connectivity index (χ1n) is 5.94. The van der Waals surface area contributed by atoms with Crippen LogP contribution >= 0.6 is 11.8 Å². The predicted octanol–water partition coefficient (Wildman–Crippen LogP) is 4.17. The second-order valence-electron chi connectivity index (χ2n) is 4.11. The maximum absolute atomic E-state index is 12.7. The molecule has 0 atom stereocenters. The number of nitro groups is 1. The summed E-state index contributed by atoms with van der Waals surface area (Å²) in [4.78, 5) is 9.57. The van der Waals surface area contributed by atoms with Crippen molar-refractivity contribution in [3.8, 4) is 0 Å². The highest BCUT2D eigenvalue weighted by atomic mass is 32.2. The molecule has 0 aliphatic heterocycles. The molecule has 4 nitrogen and oxygen atoms in total. The molecule has 0 saturated carbocycles. The lowest BCUT2D eigenvalue weighted by molar-refractivity contribution is -0.388. The molecule has 0 saturated heterocycles. The van der Waals surface area contributed by atoms with Crippen LogP contribution < -0.4 is 5.32 Å². The van der Waals surface area contributed by atoms with Gasteiger partial charge in [-0.2, -0.15) is 24.9 Å². The van der Waals surface area contributed by atoms with Crippen molar-refractivity contribution >= 4 is 23.1 Å². The Labute approximate surface area is 118 Å². The van der Waals surface area contributed by atoms with Crippen molar-refractivity contribution in [1.29, 1.82) is 0 Å². The van der Waals surface area contributed by atoms with Crippen molar-refractivity contribution in [3.63, 3.8) is 0 Å². The molecule has 0 spiro atoms.